The minimum Gasteiger partial charge on any atom is -0.508 e. The summed E-state index contributed by atoms with van der Waals surface area (Å²) in [6.45, 7) is 2.82. The SMILES string of the molecule is CNC(=O)C(O)(c1ccc2c(c1)N(S(=O)(=O)c1ccc(O)cc1)Cc1ccc(C(F)(F)F)nc1N2)C(C)C. The van der Waals surface area contributed by atoms with E-state index < -0.39 is 45.9 Å². The number of nitrogens with zero attached hydrogens (tertiary/aromatic N) is 2. The maximum absolute atomic E-state index is 13.8. The van der Waals surface area contributed by atoms with Crippen LogP contribution in [0, 0.1) is 5.92 Å². The fraction of sp³-hybridized carbons (Fsp3) is 0.280. The molecule has 4 rings (SSSR count). The topological polar surface area (TPSA) is 132 Å². The molecular weight excluding hydrogens is 525 g/mol. The Morgan fingerprint density at radius 1 is 1.11 bits per heavy atom. The fourth-order valence-corrected chi connectivity index (χ4v) is 5.66. The van der Waals surface area contributed by atoms with Gasteiger partial charge in [-0.15, -0.1) is 0 Å². The highest BCUT2D eigenvalue weighted by Crippen LogP contribution is 2.42. The van der Waals surface area contributed by atoms with Crippen molar-refractivity contribution in [3.8, 4) is 5.75 Å². The van der Waals surface area contributed by atoms with E-state index in [1.54, 1.807) is 13.8 Å². The molecule has 0 spiro atoms. The number of carbonyl (C=O) groups excluding carboxylic acids is 1. The summed E-state index contributed by atoms with van der Waals surface area (Å²) in [4.78, 5) is 16.2. The zero-order chi connectivity index (χ0) is 28.0. The molecule has 1 unspecified atom stereocenters. The molecule has 1 aliphatic rings. The molecule has 0 saturated heterocycles. The molecule has 1 aliphatic heterocycles. The smallest absolute Gasteiger partial charge is 0.433 e. The first-order chi connectivity index (χ1) is 17.7. The van der Waals surface area contributed by atoms with E-state index in [2.05, 4.69) is 15.6 Å². The van der Waals surface area contributed by atoms with Gasteiger partial charge in [0.05, 0.1) is 22.8 Å². The number of aliphatic hydroxyl groups is 1. The number of hydrogen-bond acceptors (Lipinski definition) is 7. The van der Waals surface area contributed by atoms with Gasteiger partial charge in [-0.05, 0) is 53.9 Å². The van der Waals surface area contributed by atoms with Crippen molar-refractivity contribution in [3.05, 3.63) is 71.4 Å². The van der Waals surface area contributed by atoms with E-state index >= 15 is 0 Å². The Balaban J connectivity index is 1.96. The number of alkyl halides is 3. The second kappa shape index (κ2) is 9.48. The number of carbonyl (C=O) groups is 1. The number of phenolic OH excluding ortho intramolecular Hbond substituents is 1. The number of halogens is 3. The number of anilines is 3. The molecule has 2 aromatic carbocycles. The van der Waals surface area contributed by atoms with Crippen molar-refractivity contribution in [1.82, 2.24) is 10.3 Å². The predicted octanol–water partition coefficient (Wildman–Crippen LogP) is 3.85. The predicted molar refractivity (Wildman–Crippen MR) is 133 cm³/mol. The Labute approximate surface area is 217 Å². The van der Waals surface area contributed by atoms with E-state index in [9.17, 15) is 36.6 Å². The molecule has 3 aromatic rings. The minimum absolute atomic E-state index is 0.0230. The zero-order valence-electron chi connectivity index (χ0n) is 20.5. The van der Waals surface area contributed by atoms with E-state index in [1.165, 1.54) is 49.5 Å². The van der Waals surface area contributed by atoms with Crippen molar-refractivity contribution in [2.75, 3.05) is 16.7 Å². The summed E-state index contributed by atoms with van der Waals surface area (Å²) in [7, 11) is -3.01. The van der Waals surface area contributed by atoms with Crippen molar-refractivity contribution < 1.29 is 36.6 Å². The molecule has 1 amide bonds. The highest BCUT2D eigenvalue weighted by molar-refractivity contribution is 7.92. The number of benzene rings is 2. The van der Waals surface area contributed by atoms with Crippen LogP contribution in [0.1, 0.15) is 30.7 Å². The van der Waals surface area contributed by atoms with E-state index in [0.717, 1.165) is 16.4 Å². The lowest BCUT2D eigenvalue weighted by Gasteiger charge is -2.32. The van der Waals surface area contributed by atoms with Crippen LogP contribution in [0.2, 0.25) is 0 Å². The van der Waals surface area contributed by atoms with Crippen molar-refractivity contribution in [3.63, 3.8) is 0 Å². The standard InChI is InChI=1S/C25H25F3N4O5S/c1-14(2)24(35,23(34)29-3)16-5-10-19-20(12-16)32(38(36,37)18-8-6-17(33)7-9-18)13-15-4-11-21(25(26,27)28)31-22(15)30-19/h4-12,14,33,35H,13H2,1-3H3,(H,29,34)(H,30,31). The normalized spacial score (nSPS) is 15.1. The Morgan fingerprint density at radius 3 is 2.34 bits per heavy atom. The van der Waals surface area contributed by atoms with E-state index in [0.29, 0.717) is 0 Å². The van der Waals surface area contributed by atoms with Crippen molar-refractivity contribution >= 4 is 33.1 Å². The lowest BCUT2D eigenvalue weighted by atomic mass is 9.82. The first-order valence-electron chi connectivity index (χ1n) is 11.4. The number of likely N-dealkylation sites (N-methyl/N-ethyl adjacent to an activating group) is 1. The number of phenols is 1. The third-order valence-corrected chi connectivity index (χ3v) is 8.15. The van der Waals surface area contributed by atoms with E-state index in [-0.39, 0.29) is 39.0 Å². The summed E-state index contributed by atoms with van der Waals surface area (Å²) in [5, 5.41) is 26.2. The van der Waals surface area contributed by atoms with Gasteiger partial charge in [-0.1, -0.05) is 26.0 Å². The monoisotopic (exact) mass is 550 g/mol. The summed E-state index contributed by atoms with van der Waals surface area (Å²) in [6, 6.07) is 10.7. The molecule has 0 fully saturated rings. The highest BCUT2D eigenvalue weighted by Gasteiger charge is 2.42. The quantitative estimate of drug-likeness (QED) is 0.380. The van der Waals surface area contributed by atoms with Gasteiger partial charge in [-0.2, -0.15) is 13.2 Å². The van der Waals surface area contributed by atoms with E-state index in [1.807, 2.05) is 0 Å². The molecule has 38 heavy (non-hydrogen) atoms. The number of hydrogen-bond donors (Lipinski definition) is 4. The Bertz CT molecular complexity index is 1490. The number of pyridine rings is 1. The molecule has 202 valence electrons. The first-order valence-corrected chi connectivity index (χ1v) is 12.9. The summed E-state index contributed by atoms with van der Waals surface area (Å²) in [5.41, 5.74) is -2.91. The molecule has 0 bridgehead atoms. The first kappa shape index (κ1) is 27.2. The molecule has 0 aliphatic carbocycles. The largest absolute Gasteiger partial charge is 0.508 e. The zero-order valence-corrected chi connectivity index (χ0v) is 21.4. The van der Waals surface area contributed by atoms with Gasteiger partial charge in [0.1, 0.15) is 17.3 Å². The van der Waals surface area contributed by atoms with Gasteiger partial charge in [-0.25, -0.2) is 13.4 Å². The number of sulfonamides is 1. The van der Waals surface area contributed by atoms with Gasteiger partial charge in [0.15, 0.2) is 5.60 Å². The summed E-state index contributed by atoms with van der Waals surface area (Å²) in [5.74, 6) is -1.70. The molecule has 0 radical (unpaired) electrons. The van der Waals surface area contributed by atoms with Crippen molar-refractivity contribution in [1.29, 1.82) is 0 Å². The van der Waals surface area contributed by atoms with Crippen LogP contribution in [0.4, 0.5) is 30.4 Å². The molecule has 1 atom stereocenters. The molecular formula is C25H25F3N4O5S. The number of amides is 1. The van der Waals surface area contributed by atoms with Crippen LogP contribution < -0.4 is 14.9 Å². The number of fused-ring (bicyclic) bond motifs is 2. The van der Waals surface area contributed by atoms with Crippen molar-refractivity contribution in [2.45, 2.75) is 37.1 Å². The Morgan fingerprint density at radius 2 is 1.76 bits per heavy atom. The highest BCUT2D eigenvalue weighted by atomic mass is 32.2. The second-order valence-electron chi connectivity index (χ2n) is 9.06. The Hall–Kier alpha value is -3.84. The summed E-state index contributed by atoms with van der Waals surface area (Å²) >= 11 is 0. The van der Waals surface area contributed by atoms with Crippen LogP contribution in [-0.2, 0) is 33.1 Å². The maximum atomic E-state index is 13.8. The average Bonchev–Trinajstić information content (AvgIpc) is 3.03. The van der Waals surface area contributed by atoms with Gasteiger partial charge in [0.25, 0.3) is 15.9 Å². The average molecular weight is 551 g/mol. The molecule has 9 nitrogen and oxygen atoms in total. The second-order valence-corrected chi connectivity index (χ2v) is 10.9. The summed E-state index contributed by atoms with van der Waals surface area (Å²) < 4.78 is 68.7. The minimum atomic E-state index is -4.73. The Kier molecular flexibility index (Phi) is 6.78. The molecule has 4 N–H and O–H groups in total. The van der Waals surface area contributed by atoms with Gasteiger partial charge in [-0.3, -0.25) is 9.10 Å². The van der Waals surface area contributed by atoms with Crippen LogP contribution in [0.3, 0.4) is 0 Å². The summed E-state index contributed by atoms with van der Waals surface area (Å²) in [6.07, 6.45) is -4.73. The lowest BCUT2D eigenvalue weighted by Crippen LogP contribution is -2.47. The van der Waals surface area contributed by atoms with Crippen LogP contribution >= 0.6 is 0 Å². The molecule has 13 heteroatoms. The van der Waals surface area contributed by atoms with E-state index in [4.69, 9.17) is 0 Å². The number of nitrogens with one attached hydrogen (secondary N) is 2. The lowest BCUT2D eigenvalue weighted by molar-refractivity contribution is -0.145. The number of rotatable bonds is 5. The van der Waals surface area contributed by atoms with Gasteiger partial charge in [0.2, 0.25) is 0 Å². The molecule has 1 aromatic heterocycles. The fourth-order valence-electron chi connectivity index (χ4n) is 4.21. The number of aromatic hydroxyl groups is 1. The van der Waals surface area contributed by atoms with Crippen molar-refractivity contribution in [2.24, 2.45) is 5.92 Å². The number of aromatic nitrogens is 1. The molecule has 2 heterocycles. The van der Waals surface area contributed by atoms with Crippen LogP contribution in [0.25, 0.3) is 0 Å². The van der Waals surface area contributed by atoms with Gasteiger partial charge >= 0.3 is 6.18 Å². The maximum Gasteiger partial charge on any atom is 0.433 e. The van der Waals surface area contributed by atoms with Gasteiger partial charge < -0.3 is 20.8 Å². The molecule has 0 saturated carbocycles. The van der Waals surface area contributed by atoms with Gasteiger partial charge in [0, 0.05) is 12.6 Å². The van der Waals surface area contributed by atoms with Crippen LogP contribution in [0.15, 0.2) is 59.5 Å². The third kappa shape index (κ3) is 4.63. The van der Waals surface area contributed by atoms with Crippen LogP contribution in [-0.4, -0.2) is 36.6 Å². The third-order valence-electron chi connectivity index (χ3n) is 6.38. The van der Waals surface area contributed by atoms with Crippen LogP contribution in [0.5, 0.6) is 5.75 Å².